The summed E-state index contributed by atoms with van der Waals surface area (Å²) in [5, 5.41) is 9.35. The Morgan fingerprint density at radius 3 is 0.765 bits per heavy atom. The van der Waals surface area contributed by atoms with E-state index in [4.69, 9.17) is 9.47 Å². The summed E-state index contributed by atoms with van der Waals surface area (Å²) < 4.78 is 11.4. The zero-order valence-electron chi connectivity index (χ0n) is 40.8. The molecule has 0 heterocycles. The van der Waals surface area contributed by atoms with Crippen molar-refractivity contribution in [2.45, 2.75) is 78.9 Å². The van der Waals surface area contributed by atoms with Gasteiger partial charge in [-0.15, -0.1) is 0 Å². The van der Waals surface area contributed by atoms with Crippen molar-refractivity contribution in [3.05, 3.63) is 167 Å². The number of hydrogen-bond acceptors (Lipinski definition) is 6. The first-order chi connectivity index (χ1) is 32.3. The summed E-state index contributed by atoms with van der Waals surface area (Å²) in [6.07, 6.45) is -0.802. The minimum atomic E-state index is -0.626. The monoisotopic (exact) mass is 908 g/mol. The second-order valence-electron chi connectivity index (χ2n) is 19.8. The number of amides is 4. The predicted octanol–water partition coefficient (Wildman–Crippen LogP) is 12.7. The summed E-state index contributed by atoms with van der Waals surface area (Å²) in [4.78, 5) is 62.3. The Bertz CT molecular complexity index is 2940. The van der Waals surface area contributed by atoms with Crippen LogP contribution in [0.15, 0.2) is 133 Å². The third kappa shape index (κ3) is 9.54. The normalized spacial score (nSPS) is 11.9. The third-order valence-electron chi connectivity index (χ3n) is 12.4. The van der Waals surface area contributed by atoms with E-state index < -0.39 is 23.4 Å². The van der Waals surface area contributed by atoms with Crippen LogP contribution < -0.4 is 0 Å². The molecule has 10 nitrogen and oxygen atoms in total. The van der Waals surface area contributed by atoms with E-state index in [9.17, 15) is 19.2 Å². The number of nitrogens with zero attached hydrogens (tertiary/aromatic N) is 4. The average molecular weight is 909 g/mol. The fourth-order valence-electron chi connectivity index (χ4n) is 9.28. The zero-order valence-corrected chi connectivity index (χ0v) is 40.8. The molecule has 8 aromatic carbocycles. The van der Waals surface area contributed by atoms with E-state index in [0.29, 0.717) is 48.1 Å². The number of fused-ring (bicyclic) bond motifs is 5. The molecule has 0 aromatic heterocycles. The van der Waals surface area contributed by atoms with Gasteiger partial charge < -0.3 is 29.1 Å². The number of rotatable bonds is 10. The highest BCUT2D eigenvalue weighted by Gasteiger charge is 2.27. The molecule has 0 bridgehead atoms. The van der Waals surface area contributed by atoms with Gasteiger partial charge in [0, 0.05) is 65.5 Å². The lowest BCUT2D eigenvalue weighted by molar-refractivity contribution is 0.0276. The van der Waals surface area contributed by atoms with Crippen LogP contribution in [0, 0.1) is 0 Å². The van der Waals surface area contributed by atoms with Gasteiger partial charge in [-0.25, -0.2) is 9.59 Å². The largest absolute Gasteiger partial charge is 0.444 e. The maximum Gasteiger partial charge on any atom is 0.410 e. The molecule has 0 saturated carbocycles. The number of carbonyl (C=O) groups excluding carboxylic acids is 4. The second-order valence-corrected chi connectivity index (χ2v) is 19.8. The Hall–Kier alpha value is -7.46. The van der Waals surface area contributed by atoms with Crippen LogP contribution in [0.1, 0.15) is 84.5 Å². The van der Waals surface area contributed by atoms with Gasteiger partial charge >= 0.3 is 12.2 Å². The highest BCUT2D eigenvalue weighted by atomic mass is 16.6. The molecule has 0 spiro atoms. The van der Waals surface area contributed by atoms with Crippen molar-refractivity contribution in [3.8, 4) is 0 Å². The molecule has 0 aliphatic heterocycles. The molecule has 0 saturated heterocycles. The van der Waals surface area contributed by atoms with Crippen molar-refractivity contribution in [1.29, 1.82) is 0 Å². The molecule has 8 rings (SSSR count). The Morgan fingerprint density at radius 2 is 0.544 bits per heavy atom. The molecule has 0 radical (unpaired) electrons. The Labute approximate surface area is 398 Å². The van der Waals surface area contributed by atoms with Crippen molar-refractivity contribution in [2.75, 3.05) is 28.2 Å². The molecule has 0 unspecified atom stereocenters. The van der Waals surface area contributed by atoms with Crippen LogP contribution in [0.25, 0.3) is 53.9 Å². The highest BCUT2D eigenvalue weighted by Crippen LogP contribution is 2.37. The van der Waals surface area contributed by atoms with Crippen molar-refractivity contribution in [3.63, 3.8) is 0 Å². The lowest BCUT2D eigenvalue weighted by Gasteiger charge is -2.27. The lowest BCUT2D eigenvalue weighted by Crippen LogP contribution is -2.34. The van der Waals surface area contributed by atoms with Gasteiger partial charge in [0.05, 0.1) is 0 Å². The van der Waals surface area contributed by atoms with E-state index in [1.807, 2.05) is 128 Å². The van der Waals surface area contributed by atoms with Gasteiger partial charge in [0.1, 0.15) is 11.2 Å². The number of ether oxygens (including phenoxy) is 2. The Balaban J connectivity index is 1.09. The molecule has 4 amide bonds. The van der Waals surface area contributed by atoms with Gasteiger partial charge in [-0.2, -0.15) is 0 Å². The molecule has 0 fully saturated rings. The van der Waals surface area contributed by atoms with Crippen molar-refractivity contribution in [1.82, 2.24) is 19.6 Å². The van der Waals surface area contributed by atoms with E-state index in [0.717, 1.165) is 65.3 Å². The molecule has 0 N–H and O–H groups in total. The van der Waals surface area contributed by atoms with Gasteiger partial charge in [-0.05, 0) is 130 Å². The Kier molecular flexibility index (Phi) is 12.9. The fraction of sp³-hybridized carbons (Fsp3) is 0.276. The summed E-state index contributed by atoms with van der Waals surface area (Å²) in [6.45, 7) is 12.5. The van der Waals surface area contributed by atoms with E-state index in [2.05, 4.69) is 48.5 Å². The summed E-state index contributed by atoms with van der Waals surface area (Å²) in [5.41, 5.74) is 3.73. The quantitative estimate of drug-likeness (QED) is 0.127. The van der Waals surface area contributed by atoms with Crippen LogP contribution >= 0.6 is 0 Å². The molecule has 348 valence electrons. The predicted molar refractivity (Wildman–Crippen MR) is 274 cm³/mol. The van der Waals surface area contributed by atoms with E-state index in [1.54, 1.807) is 45.8 Å². The summed E-state index contributed by atoms with van der Waals surface area (Å²) in [6, 6.07) is 43.7. The molecule has 0 aliphatic rings. The topological polar surface area (TPSA) is 99.7 Å². The van der Waals surface area contributed by atoms with Gasteiger partial charge in [0.15, 0.2) is 0 Å². The van der Waals surface area contributed by atoms with Crippen molar-refractivity contribution < 1.29 is 28.7 Å². The third-order valence-corrected chi connectivity index (χ3v) is 12.4. The molecular formula is C58H60N4O6. The first-order valence-corrected chi connectivity index (χ1v) is 23.0. The first-order valence-electron chi connectivity index (χ1n) is 23.0. The fourth-order valence-corrected chi connectivity index (χ4v) is 9.28. The highest BCUT2D eigenvalue weighted by molar-refractivity contribution is 6.15. The molecule has 0 atom stereocenters. The molecule has 68 heavy (non-hydrogen) atoms. The molecule has 8 aromatic rings. The summed E-state index contributed by atoms with van der Waals surface area (Å²) in [7, 11) is 7.12. The van der Waals surface area contributed by atoms with Crippen LogP contribution in [-0.2, 0) is 35.7 Å². The zero-order chi connectivity index (χ0) is 48.7. The van der Waals surface area contributed by atoms with E-state index in [-0.39, 0.29) is 11.8 Å². The maximum absolute atomic E-state index is 14.7. The standard InChI is InChI=1S/C58H60N4O6/c1-57(2,3)67-55(65)61(9)35-51-43-27-17-13-23-39(43)49(40-24-14-18-28-44(40)51)33-59(7)53(63)47-31-32-48(38-22-12-11-21-37(38)47)54(64)60(8)34-50-41-25-15-19-29-45(41)52(46-30-20-16-26-42(46)50)36-62(10)56(66)68-58(4,5)6/h11-32H,33-36H2,1-10H3. The van der Waals surface area contributed by atoms with Gasteiger partial charge in [0.25, 0.3) is 11.8 Å². The smallest absolute Gasteiger partial charge is 0.410 e. The van der Waals surface area contributed by atoms with Crippen LogP contribution in [-0.4, -0.2) is 83.0 Å². The van der Waals surface area contributed by atoms with Gasteiger partial charge in [-0.3, -0.25) is 9.59 Å². The Morgan fingerprint density at radius 1 is 0.338 bits per heavy atom. The second kappa shape index (κ2) is 18.7. The number of carbonyl (C=O) groups is 4. The van der Waals surface area contributed by atoms with E-state index in [1.165, 1.54) is 0 Å². The van der Waals surface area contributed by atoms with Crippen LogP contribution in [0.2, 0.25) is 0 Å². The first kappa shape index (κ1) is 47.0. The summed E-state index contributed by atoms with van der Waals surface area (Å²) in [5.74, 6) is -0.350. The number of benzene rings is 8. The minimum Gasteiger partial charge on any atom is -0.444 e. The van der Waals surface area contributed by atoms with Crippen LogP contribution in [0.5, 0.6) is 0 Å². The molecular weight excluding hydrogens is 849 g/mol. The van der Waals surface area contributed by atoms with E-state index >= 15 is 0 Å². The van der Waals surface area contributed by atoms with Crippen LogP contribution in [0.4, 0.5) is 9.59 Å². The molecule has 0 aliphatic carbocycles. The number of hydrogen-bond donors (Lipinski definition) is 0. The molecule has 10 heteroatoms. The summed E-state index contributed by atoms with van der Waals surface area (Å²) >= 11 is 0. The average Bonchev–Trinajstić information content (AvgIpc) is 3.31. The van der Waals surface area contributed by atoms with Gasteiger partial charge in [0.2, 0.25) is 0 Å². The van der Waals surface area contributed by atoms with Crippen LogP contribution in [0.3, 0.4) is 0 Å². The minimum absolute atomic E-state index is 0.175. The maximum atomic E-state index is 14.7. The SMILES string of the molecule is CN(Cc1c2ccccc2c(CN(C)C(=O)c2ccc(C(=O)N(C)Cc3c4ccccc4c(CN(C)C(=O)OC(C)(C)C)c4ccccc34)c3ccccc23)c2ccccc12)C(=O)OC(C)(C)C. The van der Waals surface area contributed by atoms with Crippen molar-refractivity contribution in [2.24, 2.45) is 0 Å². The van der Waals surface area contributed by atoms with Crippen molar-refractivity contribution >= 4 is 77.9 Å². The van der Waals surface area contributed by atoms with Gasteiger partial charge in [-0.1, -0.05) is 121 Å². The lowest BCUT2D eigenvalue weighted by atomic mass is 9.91.